The number of anilines is 6. The van der Waals surface area contributed by atoms with Gasteiger partial charge in [0.05, 0.1) is 62.4 Å². The molecule has 6 aromatic rings. The van der Waals surface area contributed by atoms with Crippen molar-refractivity contribution < 1.29 is 32.8 Å². The van der Waals surface area contributed by atoms with Gasteiger partial charge in [-0.1, -0.05) is 12.1 Å². The molecule has 9 nitrogen and oxygen atoms in total. The highest BCUT2D eigenvalue weighted by atomic mass is 16.5. The molecule has 0 amide bonds. The molecule has 6 heterocycles. The molecule has 0 N–H and O–H groups in total. The fraction of sp³-hybridized carbons (Fsp3) is 0.273. The minimum Gasteiger partial charge on any atom is -0.490 e. The predicted molar refractivity (Wildman–Crippen MR) is 211 cm³/mol. The van der Waals surface area contributed by atoms with Gasteiger partial charge in [-0.05, 0) is 91.4 Å². The van der Waals surface area contributed by atoms with Gasteiger partial charge in [0.15, 0.2) is 34.5 Å². The summed E-state index contributed by atoms with van der Waals surface area (Å²) < 4.78 is 44.8. The number of aryl methyl sites for hydroxylation is 2. The normalized spacial score (nSPS) is 16.5. The average molecular weight is 719 g/mol. The summed E-state index contributed by atoms with van der Waals surface area (Å²) in [4.78, 5) is 4.77. The average Bonchev–Trinajstić information content (AvgIpc) is 3.42. The molecule has 5 aliphatic rings. The molecule has 11 rings (SSSR count). The highest BCUT2D eigenvalue weighted by molar-refractivity contribution is 7.00. The number of ether oxygens (including phenoxy) is 6. The Balaban J connectivity index is 1.23. The lowest BCUT2D eigenvalue weighted by molar-refractivity contribution is 0.296. The Morgan fingerprint density at radius 2 is 1.20 bits per heavy atom. The molecular formula is C44H39BN2O7. The lowest BCUT2D eigenvalue weighted by Crippen LogP contribution is -2.61. The second-order valence-corrected chi connectivity index (χ2v) is 14.8. The summed E-state index contributed by atoms with van der Waals surface area (Å²) in [6.07, 6.45) is 2.49. The molecule has 0 spiro atoms. The van der Waals surface area contributed by atoms with E-state index in [-0.39, 0.29) is 6.71 Å². The van der Waals surface area contributed by atoms with Crippen LogP contribution >= 0.6 is 0 Å². The van der Waals surface area contributed by atoms with Crippen molar-refractivity contribution in [1.82, 2.24) is 0 Å². The van der Waals surface area contributed by atoms with Crippen LogP contribution in [0, 0.1) is 20.8 Å². The van der Waals surface area contributed by atoms with Crippen LogP contribution in [0.25, 0.3) is 11.0 Å². The molecule has 10 heteroatoms. The maximum Gasteiger partial charge on any atom is 0.297 e. The zero-order valence-electron chi connectivity index (χ0n) is 30.6. The van der Waals surface area contributed by atoms with Crippen molar-refractivity contribution in [2.75, 3.05) is 49.4 Å². The van der Waals surface area contributed by atoms with Crippen LogP contribution in [0.1, 0.15) is 36.0 Å². The molecule has 0 bridgehead atoms. The minimum atomic E-state index is -0.237. The Labute approximate surface area is 314 Å². The van der Waals surface area contributed by atoms with Gasteiger partial charge in [0.2, 0.25) is 0 Å². The van der Waals surface area contributed by atoms with Gasteiger partial charge in [0.25, 0.3) is 6.71 Å². The van der Waals surface area contributed by atoms with Crippen LogP contribution in [0.5, 0.6) is 34.5 Å². The first kappa shape index (κ1) is 31.6. The first-order chi connectivity index (χ1) is 26.5. The topological polar surface area (TPSA) is 75.0 Å². The van der Waals surface area contributed by atoms with Gasteiger partial charge < -0.3 is 42.6 Å². The van der Waals surface area contributed by atoms with E-state index in [0.717, 1.165) is 132 Å². The maximum absolute atomic E-state index is 7.06. The van der Waals surface area contributed by atoms with Crippen molar-refractivity contribution in [2.45, 2.75) is 40.0 Å². The van der Waals surface area contributed by atoms with E-state index in [9.17, 15) is 0 Å². The summed E-state index contributed by atoms with van der Waals surface area (Å²) in [5.41, 5.74) is 13.4. The van der Waals surface area contributed by atoms with Crippen molar-refractivity contribution in [1.29, 1.82) is 0 Å². The summed E-state index contributed by atoms with van der Waals surface area (Å²) in [5, 5.41) is 1.05. The van der Waals surface area contributed by atoms with Crippen LogP contribution in [0.3, 0.4) is 0 Å². The second-order valence-electron chi connectivity index (χ2n) is 14.8. The maximum atomic E-state index is 7.06. The summed E-state index contributed by atoms with van der Waals surface area (Å²) in [6.45, 7) is 9.91. The molecule has 0 aliphatic carbocycles. The molecule has 54 heavy (non-hydrogen) atoms. The Hall–Kier alpha value is -5.90. The van der Waals surface area contributed by atoms with E-state index in [2.05, 4.69) is 91.2 Å². The molecule has 0 atom stereocenters. The highest BCUT2D eigenvalue weighted by Gasteiger charge is 2.48. The van der Waals surface area contributed by atoms with Crippen LogP contribution in [0.4, 0.5) is 34.1 Å². The van der Waals surface area contributed by atoms with E-state index in [1.165, 1.54) is 0 Å². The van der Waals surface area contributed by atoms with Crippen LogP contribution in [0.2, 0.25) is 0 Å². The number of rotatable bonds is 2. The lowest BCUT2D eigenvalue weighted by Gasteiger charge is -2.43. The number of hydrogen-bond acceptors (Lipinski definition) is 9. The van der Waals surface area contributed by atoms with Gasteiger partial charge in [0.1, 0.15) is 5.58 Å². The first-order valence-electron chi connectivity index (χ1n) is 19.0. The number of benzene rings is 5. The molecule has 270 valence electrons. The highest BCUT2D eigenvalue weighted by Crippen LogP contribution is 2.52. The number of nitrogens with zero attached hydrogens (tertiary/aromatic N) is 2. The van der Waals surface area contributed by atoms with Crippen LogP contribution in [-0.4, -0.2) is 46.4 Å². The number of para-hydroxylation sites is 1. The quantitative estimate of drug-likeness (QED) is 0.166. The Morgan fingerprint density at radius 3 is 1.98 bits per heavy atom. The van der Waals surface area contributed by atoms with Crippen molar-refractivity contribution in [3.8, 4) is 34.5 Å². The first-order valence-corrected chi connectivity index (χ1v) is 19.0. The number of hydrogen-bond donors (Lipinski definition) is 0. The SMILES string of the molecule is Cc1cc2c3c(c1)N(c1c(C)cc4c(c1C)OCCCO4)c1c(oc4ccccc14)B3c1cc3c(cc1N2c1ccc2c(c1)OCCCO2)OCCCO3. The van der Waals surface area contributed by atoms with Gasteiger partial charge in [-0.25, -0.2) is 0 Å². The van der Waals surface area contributed by atoms with E-state index >= 15 is 0 Å². The molecular weight excluding hydrogens is 679 g/mol. The van der Waals surface area contributed by atoms with Gasteiger partial charge in [0, 0.05) is 59.4 Å². The van der Waals surface area contributed by atoms with Gasteiger partial charge in [-0.3, -0.25) is 0 Å². The summed E-state index contributed by atoms with van der Waals surface area (Å²) in [5.74, 6) is 4.57. The number of furan rings is 1. The third kappa shape index (κ3) is 4.64. The van der Waals surface area contributed by atoms with E-state index in [0.29, 0.717) is 39.6 Å². The van der Waals surface area contributed by atoms with Gasteiger partial charge in [-0.15, -0.1) is 0 Å². The number of fused-ring (bicyclic) bond motifs is 9. The summed E-state index contributed by atoms with van der Waals surface area (Å²) in [7, 11) is 0. The molecule has 0 fully saturated rings. The Morgan fingerprint density at radius 1 is 0.556 bits per heavy atom. The second kappa shape index (κ2) is 12.1. The minimum absolute atomic E-state index is 0.237. The zero-order valence-corrected chi connectivity index (χ0v) is 30.6. The molecule has 0 radical (unpaired) electrons. The molecule has 0 saturated heterocycles. The molecule has 5 aliphatic heterocycles. The van der Waals surface area contributed by atoms with Crippen molar-refractivity contribution >= 4 is 68.4 Å². The smallest absolute Gasteiger partial charge is 0.297 e. The zero-order chi connectivity index (χ0) is 36.1. The lowest BCUT2D eigenvalue weighted by atomic mass is 9.35. The third-order valence-corrected chi connectivity index (χ3v) is 11.2. The fourth-order valence-electron chi connectivity index (χ4n) is 8.99. The summed E-state index contributed by atoms with van der Waals surface area (Å²) in [6, 6.07) is 25.7. The largest absolute Gasteiger partial charge is 0.490 e. The van der Waals surface area contributed by atoms with E-state index in [1.807, 2.05) is 12.1 Å². The van der Waals surface area contributed by atoms with E-state index < -0.39 is 0 Å². The van der Waals surface area contributed by atoms with E-state index in [1.54, 1.807) is 0 Å². The van der Waals surface area contributed by atoms with Crippen LogP contribution < -0.4 is 54.8 Å². The van der Waals surface area contributed by atoms with Crippen molar-refractivity contribution in [3.05, 3.63) is 89.5 Å². The van der Waals surface area contributed by atoms with Crippen molar-refractivity contribution in [2.24, 2.45) is 0 Å². The monoisotopic (exact) mass is 718 g/mol. The third-order valence-electron chi connectivity index (χ3n) is 11.2. The Kier molecular flexibility index (Phi) is 7.06. The van der Waals surface area contributed by atoms with Gasteiger partial charge >= 0.3 is 0 Å². The van der Waals surface area contributed by atoms with Gasteiger partial charge in [-0.2, -0.15) is 0 Å². The molecule has 0 saturated carbocycles. The Bertz CT molecular complexity index is 2530. The molecule has 0 unspecified atom stereocenters. The predicted octanol–water partition coefficient (Wildman–Crippen LogP) is 7.92. The molecule has 5 aromatic carbocycles. The molecule has 1 aromatic heterocycles. The standard InChI is InChI=1S/C44H39BN2O7/c1-25-19-32-40-33(20-25)47(41-26(2)21-39-43(27(41)3)53-18-8-17-52-39)42-29-9-4-5-10-34(29)54-44(42)45(40)30-23-37-38(51-16-7-15-50-37)24-31(30)46(32)28-11-12-35-36(22-28)49-14-6-13-48-35/h4-5,9-12,19-24H,6-8,13-18H2,1-3H3. The van der Waals surface area contributed by atoms with E-state index in [4.69, 9.17) is 32.8 Å². The fourth-order valence-corrected chi connectivity index (χ4v) is 8.99. The van der Waals surface area contributed by atoms with Crippen LogP contribution in [-0.2, 0) is 0 Å². The van der Waals surface area contributed by atoms with Crippen LogP contribution in [0.15, 0.2) is 77.2 Å². The summed E-state index contributed by atoms with van der Waals surface area (Å²) >= 11 is 0. The van der Waals surface area contributed by atoms with Crippen molar-refractivity contribution in [3.63, 3.8) is 0 Å².